The molecule has 19 heavy (non-hydrogen) atoms. The number of piperazine rings is 1. The van der Waals surface area contributed by atoms with Crippen LogP contribution in [-0.2, 0) is 20.0 Å². The summed E-state index contributed by atoms with van der Waals surface area (Å²) in [6, 6.07) is 0. The molecule has 1 atom stereocenters. The van der Waals surface area contributed by atoms with Crippen LogP contribution < -0.4 is 5.32 Å². The van der Waals surface area contributed by atoms with E-state index in [-0.39, 0.29) is 6.54 Å². The van der Waals surface area contributed by atoms with Gasteiger partial charge >= 0.3 is 0 Å². The van der Waals surface area contributed by atoms with E-state index in [1.807, 2.05) is 0 Å². The Hall–Kier alpha value is 0.130. The molecule has 7 nitrogen and oxygen atoms in total. The minimum Gasteiger partial charge on any atom is -0.314 e. The summed E-state index contributed by atoms with van der Waals surface area (Å²) in [5.41, 5.74) is 0. The Morgan fingerprint density at radius 2 is 1.74 bits per heavy atom. The van der Waals surface area contributed by atoms with Crippen molar-refractivity contribution >= 4 is 31.8 Å². The van der Waals surface area contributed by atoms with Gasteiger partial charge in [0.15, 0.2) is 9.84 Å². The summed E-state index contributed by atoms with van der Waals surface area (Å²) >= 11 is 1.48. The fourth-order valence-corrected chi connectivity index (χ4v) is 7.51. The number of nitrogens with one attached hydrogen (secondary N) is 1. The number of rotatable bonds is 3. The van der Waals surface area contributed by atoms with E-state index < -0.39 is 25.4 Å². The van der Waals surface area contributed by atoms with Crippen molar-refractivity contribution in [1.82, 2.24) is 13.9 Å². The van der Waals surface area contributed by atoms with E-state index in [4.69, 9.17) is 0 Å². The summed E-state index contributed by atoms with van der Waals surface area (Å²) in [7, 11) is -7.10. The van der Waals surface area contributed by atoms with E-state index in [0.29, 0.717) is 37.7 Å². The molecule has 2 saturated heterocycles. The van der Waals surface area contributed by atoms with E-state index >= 15 is 0 Å². The van der Waals surface area contributed by atoms with Gasteiger partial charge in [0.1, 0.15) is 5.37 Å². The Morgan fingerprint density at radius 1 is 1.11 bits per heavy atom. The molecule has 0 spiro atoms. The number of nitrogens with zero attached hydrogens (tertiary/aromatic N) is 2. The molecule has 0 aromatic rings. The molecule has 112 valence electrons. The predicted octanol–water partition coefficient (Wildman–Crippen LogP) is -1.44. The molecule has 2 aliphatic heterocycles. The van der Waals surface area contributed by atoms with Crippen LogP contribution in [0.15, 0.2) is 0 Å². The van der Waals surface area contributed by atoms with Crippen LogP contribution in [0, 0.1) is 0 Å². The van der Waals surface area contributed by atoms with Crippen molar-refractivity contribution in [3.8, 4) is 0 Å². The van der Waals surface area contributed by atoms with Crippen molar-refractivity contribution in [2.75, 3.05) is 50.5 Å². The minimum atomic E-state index is -3.68. The first-order chi connectivity index (χ1) is 8.83. The quantitative estimate of drug-likeness (QED) is 0.682. The fourth-order valence-electron chi connectivity index (χ4n) is 2.19. The van der Waals surface area contributed by atoms with Crippen LogP contribution in [0.3, 0.4) is 0 Å². The molecule has 0 radical (unpaired) electrons. The largest absolute Gasteiger partial charge is 0.314 e. The van der Waals surface area contributed by atoms with Gasteiger partial charge in [-0.1, -0.05) is 0 Å². The second kappa shape index (κ2) is 5.86. The topological polar surface area (TPSA) is 86.8 Å². The van der Waals surface area contributed by atoms with Gasteiger partial charge in [0.2, 0.25) is 0 Å². The number of sulfone groups is 1. The number of hydrogen-bond donors (Lipinski definition) is 1. The molecule has 2 fully saturated rings. The second-order valence-corrected chi connectivity index (χ2v) is 9.86. The van der Waals surface area contributed by atoms with Gasteiger partial charge in [-0.05, 0) is 0 Å². The highest BCUT2D eigenvalue weighted by molar-refractivity contribution is 8.01. The lowest BCUT2D eigenvalue weighted by Crippen LogP contribution is -2.57. The zero-order valence-corrected chi connectivity index (χ0v) is 13.2. The summed E-state index contributed by atoms with van der Waals surface area (Å²) in [5, 5.41) is 2.15. The van der Waals surface area contributed by atoms with Crippen molar-refractivity contribution in [2.45, 2.75) is 5.37 Å². The van der Waals surface area contributed by atoms with Crippen LogP contribution in [0.2, 0.25) is 0 Å². The molecule has 1 unspecified atom stereocenters. The highest BCUT2D eigenvalue weighted by Gasteiger charge is 2.41. The standard InChI is InChI=1S/C9H19N3O4S3/c1-18(13,14)9-8-17-7-6-12(9)19(15,16)11-4-2-10-3-5-11/h9-10H,2-8H2,1H3. The first-order valence-corrected chi connectivity index (χ1v) is 10.6. The van der Waals surface area contributed by atoms with E-state index in [2.05, 4.69) is 5.32 Å². The lowest BCUT2D eigenvalue weighted by Gasteiger charge is -2.37. The Morgan fingerprint density at radius 3 is 2.32 bits per heavy atom. The summed E-state index contributed by atoms with van der Waals surface area (Å²) in [5.74, 6) is 0.946. The Bertz CT molecular complexity index is 513. The third-order valence-corrected chi connectivity index (χ3v) is 8.05. The van der Waals surface area contributed by atoms with Crippen LogP contribution in [0.25, 0.3) is 0 Å². The van der Waals surface area contributed by atoms with Gasteiger partial charge < -0.3 is 5.32 Å². The molecule has 1 N–H and O–H groups in total. The van der Waals surface area contributed by atoms with E-state index in [0.717, 1.165) is 10.6 Å². The molecule has 0 saturated carbocycles. The maximum Gasteiger partial charge on any atom is 0.283 e. The number of thioether (sulfide) groups is 1. The lowest BCUT2D eigenvalue weighted by molar-refractivity contribution is 0.309. The van der Waals surface area contributed by atoms with Crippen molar-refractivity contribution in [2.24, 2.45) is 0 Å². The van der Waals surface area contributed by atoms with Gasteiger partial charge in [0.25, 0.3) is 10.2 Å². The van der Waals surface area contributed by atoms with Crippen LogP contribution in [0.5, 0.6) is 0 Å². The van der Waals surface area contributed by atoms with Crippen LogP contribution in [0.4, 0.5) is 0 Å². The van der Waals surface area contributed by atoms with Crippen molar-refractivity contribution in [3.63, 3.8) is 0 Å². The summed E-state index contributed by atoms with van der Waals surface area (Å²) < 4.78 is 51.2. The van der Waals surface area contributed by atoms with E-state index in [9.17, 15) is 16.8 Å². The molecule has 2 aliphatic rings. The summed E-state index contributed by atoms with van der Waals surface area (Å²) in [6.45, 7) is 2.25. The second-order valence-electron chi connectivity index (χ2n) is 4.63. The Balaban J connectivity index is 2.26. The van der Waals surface area contributed by atoms with Gasteiger partial charge in [0, 0.05) is 50.5 Å². The monoisotopic (exact) mass is 329 g/mol. The molecular weight excluding hydrogens is 310 g/mol. The molecular formula is C9H19N3O4S3. The first-order valence-electron chi connectivity index (χ1n) is 6.08. The molecule has 0 aromatic carbocycles. The van der Waals surface area contributed by atoms with E-state index in [1.165, 1.54) is 16.1 Å². The van der Waals surface area contributed by atoms with Crippen molar-refractivity contribution < 1.29 is 16.8 Å². The molecule has 2 heterocycles. The predicted molar refractivity (Wildman–Crippen MR) is 76.0 cm³/mol. The third-order valence-electron chi connectivity index (χ3n) is 3.23. The highest BCUT2D eigenvalue weighted by Crippen LogP contribution is 2.25. The van der Waals surface area contributed by atoms with Gasteiger partial charge in [0.05, 0.1) is 0 Å². The van der Waals surface area contributed by atoms with E-state index in [1.54, 1.807) is 0 Å². The smallest absolute Gasteiger partial charge is 0.283 e. The SMILES string of the molecule is CS(=O)(=O)C1CSCCN1S(=O)(=O)N1CCNCC1. The lowest BCUT2D eigenvalue weighted by atomic mass is 10.4. The minimum absolute atomic E-state index is 0.259. The van der Waals surface area contributed by atoms with Crippen LogP contribution in [0.1, 0.15) is 0 Å². The van der Waals surface area contributed by atoms with Crippen molar-refractivity contribution in [1.29, 1.82) is 0 Å². The average Bonchev–Trinajstić information content (AvgIpc) is 2.39. The zero-order valence-electron chi connectivity index (χ0n) is 10.8. The van der Waals surface area contributed by atoms with Crippen molar-refractivity contribution in [3.05, 3.63) is 0 Å². The maximum absolute atomic E-state index is 12.5. The molecule has 0 amide bonds. The fraction of sp³-hybridized carbons (Fsp3) is 1.00. The van der Waals surface area contributed by atoms with Gasteiger partial charge in [-0.3, -0.25) is 0 Å². The molecule has 2 rings (SSSR count). The van der Waals surface area contributed by atoms with Gasteiger partial charge in [-0.25, -0.2) is 8.42 Å². The zero-order chi connectivity index (χ0) is 14.1. The Kier molecular flexibility index (Phi) is 4.79. The molecule has 0 aromatic heterocycles. The summed E-state index contributed by atoms with van der Waals surface area (Å²) in [6.07, 6.45) is 1.10. The third kappa shape index (κ3) is 3.42. The summed E-state index contributed by atoms with van der Waals surface area (Å²) in [4.78, 5) is 0. The highest BCUT2D eigenvalue weighted by atomic mass is 32.2. The molecule has 0 aliphatic carbocycles. The number of hydrogen-bond acceptors (Lipinski definition) is 6. The Labute approximate surface area is 118 Å². The maximum atomic E-state index is 12.5. The van der Waals surface area contributed by atoms with Gasteiger partial charge in [-0.2, -0.15) is 28.8 Å². The van der Waals surface area contributed by atoms with Crippen LogP contribution in [-0.4, -0.2) is 81.3 Å². The van der Waals surface area contributed by atoms with Crippen LogP contribution >= 0.6 is 11.8 Å². The average molecular weight is 329 g/mol. The molecule has 0 bridgehead atoms. The normalized spacial score (nSPS) is 28.4. The first kappa shape index (κ1) is 15.5. The van der Waals surface area contributed by atoms with Gasteiger partial charge in [-0.15, -0.1) is 0 Å². The molecule has 10 heteroatoms.